The number of benzene rings is 2. The summed E-state index contributed by atoms with van der Waals surface area (Å²) in [6.07, 6.45) is 3.42. The number of para-hydroxylation sites is 1. The van der Waals surface area contributed by atoms with E-state index in [1.165, 1.54) is 23.6 Å². The van der Waals surface area contributed by atoms with Crippen molar-refractivity contribution >= 4 is 15.7 Å². The molecule has 2 aliphatic rings. The Morgan fingerprint density at radius 1 is 0.963 bits per heavy atom. The molecule has 1 saturated heterocycles. The molecule has 144 valence electrons. The lowest BCUT2D eigenvalue weighted by molar-refractivity contribution is 0.0549. The van der Waals surface area contributed by atoms with E-state index in [-0.39, 0.29) is 6.10 Å². The number of nitrogens with zero attached hydrogens (tertiary/aromatic N) is 2. The monoisotopic (exact) mass is 386 g/mol. The summed E-state index contributed by atoms with van der Waals surface area (Å²) < 4.78 is 33.9. The molecule has 0 bridgehead atoms. The molecule has 0 amide bonds. The number of sulfonamides is 1. The Labute approximate surface area is 161 Å². The molecule has 5 nitrogen and oxygen atoms in total. The first-order valence-corrected chi connectivity index (χ1v) is 11.0. The summed E-state index contributed by atoms with van der Waals surface area (Å²) in [6, 6.07) is 14.8. The SMILES string of the molecule is CN1c2ccccc2C(OCCN2CCCCC2)c2ccccc2S1(=O)=O. The molecule has 4 rings (SSSR count). The molecule has 0 aromatic heterocycles. The molecule has 0 spiro atoms. The average Bonchev–Trinajstić information content (AvgIpc) is 2.77. The van der Waals surface area contributed by atoms with E-state index in [0.717, 1.165) is 25.2 Å². The molecule has 1 unspecified atom stereocenters. The fourth-order valence-electron chi connectivity index (χ4n) is 4.03. The summed E-state index contributed by atoms with van der Waals surface area (Å²) in [4.78, 5) is 2.76. The minimum absolute atomic E-state index is 0.326. The van der Waals surface area contributed by atoms with E-state index in [1.54, 1.807) is 19.2 Å². The van der Waals surface area contributed by atoms with Gasteiger partial charge in [0.1, 0.15) is 6.10 Å². The van der Waals surface area contributed by atoms with Gasteiger partial charge in [-0.05, 0) is 38.1 Å². The third-order valence-electron chi connectivity index (χ3n) is 5.54. The third kappa shape index (κ3) is 3.49. The lowest BCUT2D eigenvalue weighted by Crippen LogP contribution is -2.33. The van der Waals surface area contributed by atoms with Crippen LogP contribution in [0.2, 0.25) is 0 Å². The van der Waals surface area contributed by atoms with Crippen LogP contribution in [0.1, 0.15) is 36.5 Å². The number of ether oxygens (including phenoxy) is 1. The second-order valence-electron chi connectivity index (χ2n) is 7.22. The van der Waals surface area contributed by atoms with Crippen LogP contribution in [-0.4, -0.2) is 46.6 Å². The van der Waals surface area contributed by atoms with Crippen LogP contribution in [0, 0.1) is 0 Å². The summed E-state index contributed by atoms with van der Waals surface area (Å²) >= 11 is 0. The van der Waals surface area contributed by atoms with Crippen molar-refractivity contribution in [3.63, 3.8) is 0 Å². The molecule has 2 aromatic rings. The molecule has 0 N–H and O–H groups in total. The van der Waals surface area contributed by atoms with E-state index in [0.29, 0.717) is 22.8 Å². The van der Waals surface area contributed by atoms with Gasteiger partial charge in [-0.3, -0.25) is 4.31 Å². The van der Waals surface area contributed by atoms with Crippen LogP contribution in [0.4, 0.5) is 5.69 Å². The van der Waals surface area contributed by atoms with Crippen molar-refractivity contribution in [3.05, 3.63) is 59.7 Å². The van der Waals surface area contributed by atoms with Gasteiger partial charge in [0, 0.05) is 24.7 Å². The minimum Gasteiger partial charge on any atom is -0.367 e. The molecule has 0 radical (unpaired) electrons. The van der Waals surface area contributed by atoms with Crippen LogP contribution in [0.25, 0.3) is 0 Å². The highest BCUT2D eigenvalue weighted by molar-refractivity contribution is 7.92. The molecule has 6 heteroatoms. The van der Waals surface area contributed by atoms with Crippen molar-refractivity contribution < 1.29 is 13.2 Å². The Kier molecular flexibility index (Phi) is 5.21. The first-order valence-electron chi connectivity index (χ1n) is 9.60. The molecule has 1 atom stereocenters. The highest BCUT2D eigenvalue weighted by Crippen LogP contribution is 2.41. The summed E-state index contributed by atoms with van der Waals surface area (Å²) in [5.74, 6) is 0. The standard InChI is InChI=1S/C21H26N2O3S/c1-22-19-11-5-3-9-17(19)21(26-16-15-23-13-7-2-8-14-23)18-10-4-6-12-20(18)27(22,24)25/h3-6,9-12,21H,2,7-8,13-16H2,1H3. The largest absolute Gasteiger partial charge is 0.367 e. The molecule has 0 aliphatic carbocycles. The van der Waals surface area contributed by atoms with E-state index < -0.39 is 10.0 Å². The number of rotatable bonds is 4. The van der Waals surface area contributed by atoms with E-state index in [4.69, 9.17) is 4.74 Å². The molecule has 27 heavy (non-hydrogen) atoms. The summed E-state index contributed by atoms with van der Waals surface area (Å²) in [6.45, 7) is 3.71. The van der Waals surface area contributed by atoms with Gasteiger partial charge < -0.3 is 9.64 Å². The number of hydrogen-bond acceptors (Lipinski definition) is 4. The van der Waals surface area contributed by atoms with Gasteiger partial charge in [0.05, 0.1) is 17.2 Å². The van der Waals surface area contributed by atoms with Gasteiger partial charge in [0.2, 0.25) is 0 Å². The second kappa shape index (κ2) is 7.62. The topological polar surface area (TPSA) is 49.9 Å². The molecular formula is C21H26N2O3S. The number of anilines is 1. The first-order chi connectivity index (χ1) is 13.1. The maximum absolute atomic E-state index is 13.1. The van der Waals surface area contributed by atoms with Crippen LogP contribution < -0.4 is 4.31 Å². The number of likely N-dealkylation sites (tertiary alicyclic amines) is 1. The van der Waals surface area contributed by atoms with Gasteiger partial charge >= 0.3 is 0 Å². The van der Waals surface area contributed by atoms with Crippen LogP contribution in [0.15, 0.2) is 53.4 Å². The van der Waals surface area contributed by atoms with Gasteiger partial charge in [0.15, 0.2) is 0 Å². The maximum atomic E-state index is 13.1. The van der Waals surface area contributed by atoms with Crippen molar-refractivity contribution in [1.82, 2.24) is 4.90 Å². The van der Waals surface area contributed by atoms with Gasteiger partial charge in [-0.25, -0.2) is 8.42 Å². The highest BCUT2D eigenvalue weighted by atomic mass is 32.2. The minimum atomic E-state index is -3.61. The van der Waals surface area contributed by atoms with Crippen molar-refractivity contribution in [2.45, 2.75) is 30.3 Å². The van der Waals surface area contributed by atoms with Gasteiger partial charge in [-0.1, -0.05) is 42.8 Å². The van der Waals surface area contributed by atoms with Crippen LogP contribution in [-0.2, 0) is 14.8 Å². The fraction of sp³-hybridized carbons (Fsp3) is 0.429. The highest BCUT2D eigenvalue weighted by Gasteiger charge is 2.35. The zero-order valence-electron chi connectivity index (χ0n) is 15.7. The molecule has 0 saturated carbocycles. The quantitative estimate of drug-likeness (QED) is 0.808. The van der Waals surface area contributed by atoms with Crippen molar-refractivity contribution in [1.29, 1.82) is 0 Å². The first kappa shape index (κ1) is 18.5. The molecule has 1 fully saturated rings. The summed E-state index contributed by atoms with van der Waals surface area (Å²) in [5, 5.41) is 0. The van der Waals surface area contributed by atoms with E-state index >= 15 is 0 Å². The number of piperidine rings is 1. The summed E-state index contributed by atoms with van der Waals surface area (Å²) in [7, 11) is -1.99. The zero-order chi connectivity index (χ0) is 18.9. The number of fused-ring (bicyclic) bond motifs is 2. The van der Waals surface area contributed by atoms with Crippen LogP contribution in [0.3, 0.4) is 0 Å². The van der Waals surface area contributed by atoms with Gasteiger partial charge in [-0.2, -0.15) is 0 Å². The Morgan fingerprint density at radius 2 is 1.63 bits per heavy atom. The normalized spacial score (nSPS) is 22.0. The second-order valence-corrected chi connectivity index (χ2v) is 9.16. The summed E-state index contributed by atoms with van der Waals surface area (Å²) in [5.41, 5.74) is 2.29. The van der Waals surface area contributed by atoms with Crippen LogP contribution >= 0.6 is 0 Å². The predicted molar refractivity (Wildman–Crippen MR) is 107 cm³/mol. The van der Waals surface area contributed by atoms with Crippen molar-refractivity contribution in [3.8, 4) is 0 Å². The Hall–Kier alpha value is -1.89. The lowest BCUT2D eigenvalue weighted by Gasteiger charge is -2.27. The van der Waals surface area contributed by atoms with Crippen molar-refractivity contribution in [2.24, 2.45) is 0 Å². The lowest BCUT2D eigenvalue weighted by atomic mass is 9.99. The van der Waals surface area contributed by atoms with E-state index in [1.807, 2.05) is 36.4 Å². The smallest absolute Gasteiger partial charge is 0.264 e. The predicted octanol–water partition coefficient (Wildman–Crippen LogP) is 3.42. The maximum Gasteiger partial charge on any atom is 0.264 e. The van der Waals surface area contributed by atoms with E-state index in [9.17, 15) is 8.42 Å². The van der Waals surface area contributed by atoms with Gasteiger partial charge in [0.25, 0.3) is 10.0 Å². The van der Waals surface area contributed by atoms with E-state index in [2.05, 4.69) is 4.90 Å². The molecular weight excluding hydrogens is 360 g/mol. The Bertz CT molecular complexity index is 907. The average molecular weight is 387 g/mol. The van der Waals surface area contributed by atoms with Gasteiger partial charge in [-0.15, -0.1) is 0 Å². The molecule has 2 aromatic carbocycles. The molecule has 2 heterocycles. The zero-order valence-corrected chi connectivity index (χ0v) is 16.5. The Morgan fingerprint density at radius 3 is 2.41 bits per heavy atom. The Balaban J connectivity index is 1.68. The third-order valence-corrected chi connectivity index (χ3v) is 7.38. The fourth-order valence-corrected chi connectivity index (χ4v) is 5.48. The van der Waals surface area contributed by atoms with Crippen LogP contribution in [0.5, 0.6) is 0 Å². The number of hydrogen-bond donors (Lipinski definition) is 0. The molecule has 2 aliphatic heterocycles. The van der Waals surface area contributed by atoms with Crippen molar-refractivity contribution in [2.75, 3.05) is 37.6 Å².